The number of thiophene rings is 1. The number of rotatable bonds is 3. The fraction of sp³-hybridized carbons (Fsp3) is 0.333. The lowest BCUT2D eigenvalue weighted by Crippen LogP contribution is -1.99. The highest BCUT2D eigenvalue weighted by Crippen LogP contribution is 2.21. The molecule has 2 rings (SSSR count). The Morgan fingerprint density at radius 1 is 1.50 bits per heavy atom. The minimum atomic E-state index is 0.466. The summed E-state index contributed by atoms with van der Waals surface area (Å²) in [5.74, 6) is 0. The highest BCUT2D eigenvalue weighted by atomic mass is 32.1. The van der Waals surface area contributed by atoms with E-state index < -0.39 is 0 Å². The van der Waals surface area contributed by atoms with E-state index in [1.54, 1.807) is 11.3 Å². The molecule has 0 spiro atoms. The molecule has 1 N–H and O–H groups in total. The van der Waals surface area contributed by atoms with Crippen LogP contribution in [0.3, 0.4) is 0 Å². The summed E-state index contributed by atoms with van der Waals surface area (Å²) >= 11 is 1.80. The third-order valence-electron chi connectivity index (χ3n) is 1.93. The molecule has 0 aliphatic carbocycles. The van der Waals surface area contributed by atoms with Crippen LogP contribution in [-0.2, 0) is 6.54 Å². The number of nitrogens with zero attached hydrogens (tertiary/aromatic N) is 2. The Balaban J connectivity index is 2.01. The number of hydrogen-bond acceptors (Lipinski definition) is 5. The zero-order valence-electron chi connectivity index (χ0n) is 8.07. The first-order valence-electron chi connectivity index (χ1n) is 4.31. The van der Waals surface area contributed by atoms with Crippen LogP contribution in [0.5, 0.6) is 0 Å². The molecule has 0 amide bonds. The van der Waals surface area contributed by atoms with Crippen molar-refractivity contribution in [3.05, 3.63) is 27.8 Å². The fourth-order valence-corrected chi connectivity index (χ4v) is 2.23. The van der Waals surface area contributed by atoms with Gasteiger partial charge in [0.2, 0.25) is 6.39 Å². The van der Waals surface area contributed by atoms with Gasteiger partial charge < -0.3 is 9.73 Å². The summed E-state index contributed by atoms with van der Waals surface area (Å²) in [5, 5.41) is 10.4. The van der Waals surface area contributed by atoms with Gasteiger partial charge in [-0.15, -0.1) is 16.4 Å². The average Bonchev–Trinajstić information content (AvgIpc) is 2.72. The van der Waals surface area contributed by atoms with Crippen LogP contribution in [0.25, 0.3) is 0 Å². The van der Waals surface area contributed by atoms with Crippen LogP contribution in [0.4, 0.5) is 6.01 Å². The van der Waals surface area contributed by atoms with Crippen molar-refractivity contribution in [2.45, 2.75) is 20.4 Å². The lowest BCUT2D eigenvalue weighted by atomic mass is 10.2. The molecule has 0 aliphatic heterocycles. The number of anilines is 1. The maximum Gasteiger partial charge on any atom is 0.315 e. The Kier molecular flexibility index (Phi) is 2.49. The van der Waals surface area contributed by atoms with Crippen LogP contribution in [0.15, 0.2) is 16.9 Å². The number of aryl methyl sites for hydroxylation is 2. The summed E-state index contributed by atoms with van der Waals surface area (Å²) in [6, 6.07) is 2.64. The van der Waals surface area contributed by atoms with Crippen molar-refractivity contribution in [1.82, 2.24) is 10.2 Å². The fourth-order valence-electron chi connectivity index (χ4n) is 1.28. The molecule has 0 unspecified atom stereocenters. The monoisotopic (exact) mass is 209 g/mol. The van der Waals surface area contributed by atoms with Gasteiger partial charge in [-0.05, 0) is 25.5 Å². The van der Waals surface area contributed by atoms with E-state index >= 15 is 0 Å². The zero-order chi connectivity index (χ0) is 9.97. The van der Waals surface area contributed by atoms with E-state index in [1.165, 1.54) is 21.7 Å². The largest absolute Gasteiger partial charge is 0.411 e. The van der Waals surface area contributed by atoms with E-state index in [2.05, 4.69) is 35.4 Å². The molecule has 0 fully saturated rings. The quantitative estimate of drug-likeness (QED) is 0.843. The molecule has 14 heavy (non-hydrogen) atoms. The topological polar surface area (TPSA) is 51.0 Å². The van der Waals surface area contributed by atoms with Gasteiger partial charge in [-0.1, -0.05) is 5.10 Å². The van der Waals surface area contributed by atoms with E-state index in [-0.39, 0.29) is 0 Å². The molecular formula is C9H11N3OS. The molecule has 2 aromatic heterocycles. The Hall–Kier alpha value is -1.36. The minimum absolute atomic E-state index is 0.466. The molecule has 5 heteroatoms. The summed E-state index contributed by atoms with van der Waals surface area (Å²) in [5.41, 5.74) is 1.28. The predicted octanol–water partition coefficient (Wildman–Crippen LogP) is 2.36. The third-order valence-corrected chi connectivity index (χ3v) is 2.94. The molecular weight excluding hydrogens is 198 g/mol. The second kappa shape index (κ2) is 3.79. The Morgan fingerprint density at radius 2 is 2.36 bits per heavy atom. The first kappa shape index (κ1) is 9.21. The summed E-state index contributed by atoms with van der Waals surface area (Å²) in [7, 11) is 0. The first-order valence-corrected chi connectivity index (χ1v) is 5.13. The smallest absolute Gasteiger partial charge is 0.315 e. The molecule has 0 aliphatic rings. The van der Waals surface area contributed by atoms with Crippen molar-refractivity contribution in [1.29, 1.82) is 0 Å². The lowest BCUT2D eigenvalue weighted by Gasteiger charge is -1.99. The van der Waals surface area contributed by atoms with Gasteiger partial charge in [-0.25, -0.2) is 0 Å². The van der Waals surface area contributed by atoms with Crippen molar-refractivity contribution < 1.29 is 4.42 Å². The molecule has 0 radical (unpaired) electrons. The van der Waals surface area contributed by atoms with E-state index in [1.807, 2.05) is 0 Å². The number of nitrogens with one attached hydrogen (secondary N) is 1. The zero-order valence-corrected chi connectivity index (χ0v) is 8.89. The second-order valence-corrected chi connectivity index (χ2v) is 4.50. The van der Waals surface area contributed by atoms with Crippen LogP contribution in [0, 0.1) is 13.8 Å². The molecule has 0 saturated heterocycles. The van der Waals surface area contributed by atoms with Crippen molar-refractivity contribution in [3.8, 4) is 0 Å². The highest BCUT2D eigenvalue weighted by molar-refractivity contribution is 7.12. The Labute approximate surface area is 86.0 Å². The van der Waals surface area contributed by atoms with E-state index in [4.69, 9.17) is 4.42 Å². The third kappa shape index (κ3) is 1.93. The van der Waals surface area contributed by atoms with Crippen LogP contribution in [0.1, 0.15) is 15.3 Å². The second-order valence-electron chi connectivity index (χ2n) is 3.04. The maximum atomic E-state index is 4.97. The molecule has 74 valence electrons. The molecule has 2 aromatic rings. The van der Waals surface area contributed by atoms with Crippen LogP contribution in [0.2, 0.25) is 0 Å². The average molecular weight is 209 g/mol. The van der Waals surface area contributed by atoms with Crippen molar-refractivity contribution in [2.24, 2.45) is 0 Å². The minimum Gasteiger partial charge on any atom is -0.411 e. The molecule has 0 aromatic carbocycles. The van der Waals surface area contributed by atoms with E-state index in [0.717, 1.165) is 6.54 Å². The molecule has 0 atom stereocenters. The Morgan fingerprint density at radius 3 is 2.93 bits per heavy atom. The Bertz CT molecular complexity index is 408. The van der Waals surface area contributed by atoms with Gasteiger partial charge in [0.05, 0.1) is 0 Å². The summed E-state index contributed by atoms with van der Waals surface area (Å²) in [6.07, 6.45) is 1.31. The van der Waals surface area contributed by atoms with Gasteiger partial charge >= 0.3 is 6.01 Å². The molecule has 2 heterocycles. The number of aromatic nitrogens is 2. The van der Waals surface area contributed by atoms with Crippen molar-refractivity contribution in [2.75, 3.05) is 5.32 Å². The van der Waals surface area contributed by atoms with Gasteiger partial charge in [0.1, 0.15) is 0 Å². The maximum absolute atomic E-state index is 4.97. The summed E-state index contributed by atoms with van der Waals surface area (Å²) < 4.78 is 4.97. The van der Waals surface area contributed by atoms with Crippen molar-refractivity contribution in [3.63, 3.8) is 0 Å². The first-order chi connectivity index (χ1) is 6.75. The summed E-state index contributed by atoms with van der Waals surface area (Å²) in [4.78, 5) is 2.65. The van der Waals surface area contributed by atoms with Gasteiger partial charge in [0.15, 0.2) is 0 Å². The van der Waals surface area contributed by atoms with Gasteiger partial charge in [-0.3, -0.25) is 0 Å². The molecule has 4 nitrogen and oxygen atoms in total. The molecule has 0 saturated carbocycles. The van der Waals surface area contributed by atoms with E-state index in [9.17, 15) is 0 Å². The van der Waals surface area contributed by atoms with Crippen LogP contribution < -0.4 is 5.32 Å². The lowest BCUT2D eigenvalue weighted by molar-refractivity contribution is 0.565. The van der Waals surface area contributed by atoms with E-state index in [0.29, 0.717) is 6.01 Å². The normalized spacial score (nSPS) is 10.4. The molecule has 0 bridgehead atoms. The number of hydrogen-bond donors (Lipinski definition) is 1. The van der Waals surface area contributed by atoms with Crippen LogP contribution in [-0.4, -0.2) is 10.2 Å². The van der Waals surface area contributed by atoms with Gasteiger partial charge in [-0.2, -0.15) is 0 Å². The predicted molar refractivity (Wildman–Crippen MR) is 55.4 cm³/mol. The highest BCUT2D eigenvalue weighted by Gasteiger charge is 2.03. The van der Waals surface area contributed by atoms with Gasteiger partial charge in [0.25, 0.3) is 0 Å². The summed E-state index contributed by atoms with van der Waals surface area (Å²) in [6.45, 7) is 4.95. The SMILES string of the molecule is Cc1cc(CNc2nnco2)c(C)s1. The van der Waals surface area contributed by atoms with Crippen molar-refractivity contribution >= 4 is 17.4 Å². The van der Waals surface area contributed by atoms with Crippen LogP contribution >= 0.6 is 11.3 Å². The van der Waals surface area contributed by atoms with Gasteiger partial charge in [0, 0.05) is 16.3 Å². The standard InChI is InChI=1S/C9H11N3OS/c1-6-3-8(7(2)14-6)4-10-9-12-11-5-13-9/h3,5H,4H2,1-2H3,(H,10,12).